The lowest BCUT2D eigenvalue weighted by atomic mass is 10.2. The average molecular weight is 381 g/mol. The zero-order valence-electron chi connectivity index (χ0n) is 15.5. The summed E-state index contributed by atoms with van der Waals surface area (Å²) in [6.45, 7) is 1.81. The van der Waals surface area contributed by atoms with Crippen molar-refractivity contribution in [3.63, 3.8) is 0 Å². The topological polar surface area (TPSA) is 96.4 Å². The van der Waals surface area contributed by atoms with Crippen LogP contribution in [-0.4, -0.2) is 14.1 Å². The lowest BCUT2D eigenvalue weighted by Crippen LogP contribution is -2.23. The number of rotatable bonds is 6. The fraction of sp³-hybridized carbons (Fsp3) is 0.200. The van der Waals surface area contributed by atoms with Crippen molar-refractivity contribution in [2.24, 2.45) is 7.05 Å². The Labute approximate surface area is 160 Å². The van der Waals surface area contributed by atoms with Gasteiger partial charge in [0.05, 0.1) is 23.9 Å². The van der Waals surface area contributed by atoms with Crippen LogP contribution in [0.25, 0.3) is 0 Å². The predicted octanol–water partition coefficient (Wildman–Crippen LogP) is 2.39. The van der Waals surface area contributed by atoms with Crippen LogP contribution in [0.5, 0.6) is 5.75 Å². The lowest BCUT2D eigenvalue weighted by molar-refractivity contribution is -0.385. The van der Waals surface area contributed by atoms with Crippen LogP contribution in [0.3, 0.4) is 0 Å². The van der Waals surface area contributed by atoms with Gasteiger partial charge in [0.15, 0.2) is 5.75 Å². The van der Waals surface area contributed by atoms with Gasteiger partial charge in [0.1, 0.15) is 6.61 Å². The van der Waals surface area contributed by atoms with Gasteiger partial charge in [-0.3, -0.25) is 19.7 Å². The number of aromatic nitrogens is 2. The molecule has 0 amide bonds. The minimum absolute atomic E-state index is 0.0324. The molecule has 0 spiro atoms. The van der Waals surface area contributed by atoms with Crippen molar-refractivity contribution in [1.29, 1.82) is 0 Å². The Morgan fingerprint density at radius 3 is 2.50 bits per heavy atom. The van der Waals surface area contributed by atoms with Crippen LogP contribution in [0.2, 0.25) is 0 Å². The standard InChI is InChI=1S/C20H19N3O5/c1-14-8-20(25)22(11-17(14)23(26)27)10-16-9-18(24)19(12-21(16)2)28-13-15-6-4-3-5-7-15/h3-9,11-12H,10,13H2,1-2H3. The average Bonchev–Trinajstić information content (AvgIpc) is 2.65. The van der Waals surface area contributed by atoms with E-state index in [1.54, 1.807) is 17.8 Å². The van der Waals surface area contributed by atoms with Crippen molar-refractivity contribution in [2.45, 2.75) is 20.1 Å². The van der Waals surface area contributed by atoms with Gasteiger partial charge in [-0.05, 0) is 12.5 Å². The molecular weight excluding hydrogens is 362 g/mol. The van der Waals surface area contributed by atoms with Gasteiger partial charge in [-0.25, -0.2) is 0 Å². The molecule has 0 saturated carbocycles. The molecular formula is C20H19N3O5. The molecule has 0 N–H and O–H groups in total. The molecule has 144 valence electrons. The Morgan fingerprint density at radius 1 is 1.11 bits per heavy atom. The summed E-state index contributed by atoms with van der Waals surface area (Å²) >= 11 is 0. The smallest absolute Gasteiger partial charge is 0.288 e. The summed E-state index contributed by atoms with van der Waals surface area (Å²) in [4.78, 5) is 35.1. The molecule has 0 unspecified atom stereocenters. The number of hydrogen-bond donors (Lipinski definition) is 0. The fourth-order valence-corrected chi connectivity index (χ4v) is 2.79. The molecule has 0 bridgehead atoms. The first-order chi connectivity index (χ1) is 13.3. The van der Waals surface area contributed by atoms with E-state index in [1.165, 1.54) is 29.8 Å². The van der Waals surface area contributed by atoms with Gasteiger partial charge in [0.2, 0.25) is 5.43 Å². The summed E-state index contributed by atoms with van der Waals surface area (Å²) in [5.41, 5.74) is 0.917. The highest BCUT2D eigenvalue weighted by atomic mass is 16.6. The molecule has 8 nitrogen and oxygen atoms in total. The zero-order chi connectivity index (χ0) is 20.3. The molecule has 1 aromatic carbocycles. The second-order valence-electron chi connectivity index (χ2n) is 6.44. The van der Waals surface area contributed by atoms with Crippen LogP contribution in [0.4, 0.5) is 5.69 Å². The van der Waals surface area contributed by atoms with Crippen molar-refractivity contribution in [3.05, 3.63) is 102 Å². The maximum atomic E-state index is 12.4. The van der Waals surface area contributed by atoms with Crippen molar-refractivity contribution in [1.82, 2.24) is 9.13 Å². The maximum Gasteiger partial charge on any atom is 0.288 e. The molecule has 0 radical (unpaired) electrons. The third-order valence-corrected chi connectivity index (χ3v) is 4.38. The van der Waals surface area contributed by atoms with E-state index in [4.69, 9.17) is 4.74 Å². The van der Waals surface area contributed by atoms with E-state index >= 15 is 0 Å². The van der Waals surface area contributed by atoms with E-state index in [2.05, 4.69) is 0 Å². The first-order valence-corrected chi connectivity index (χ1v) is 8.57. The SMILES string of the molecule is Cc1cc(=O)n(Cc2cc(=O)c(OCc3ccccc3)cn2C)cc1[N+](=O)[O-]. The molecule has 2 aromatic heterocycles. The first-order valence-electron chi connectivity index (χ1n) is 8.57. The molecule has 3 aromatic rings. The second-order valence-corrected chi connectivity index (χ2v) is 6.44. The summed E-state index contributed by atoms with van der Waals surface area (Å²) < 4.78 is 8.49. The van der Waals surface area contributed by atoms with Crippen molar-refractivity contribution < 1.29 is 9.66 Å². The lowest BCUT2D eigenvalue weighted by Gasteiger charge is -2.13. The highest BCUT2D eigenvalue weighted by molar-refractivity contribution is 5.36. The third kappa shape index (κ3) is 4.17. The molecule has 0 atom stereocenters. The van der Waals surface area contributed by atoms with Crippen molar-refractivity contribution in [3.8, 4) is 5.75 Å². The number of nitrogens with zero attached hydrogens (tertiary/aromatic N) is 3. The van der Waals surface area contributed by atoms with Crippen LogP contribution in [-0.2, 0) is 20.2 Å². The van der Waals surface area contributed by atoms with Crippen molar-refractivity contribution in [2.75, 3.05) is 0 Å². The van der Waals surface area contributed by atoms with Crippen LogP contribution in [0.1, 0.15) is 16.8 Å². The van der Waals surface area contributed by atoms with Gasteiger partial charge >= 0.3 is 0 Å². The Morgan fingerprint density at radius 2 is 1.82 bits per heavy atom. The minimum atomic E-state index is -0.537. The number of nitro groups is 1. The van der Waals surface area contributed by atoms with Crippen molar-refractivity contribution >= 4 is 5.69 Å². The summed E-state index contributed by atoms with van der Waals surface area (Å²) in [6.07, 6.45) is 2.75. The molecule has 28 heavy (non-hydrogen) atoms. The molecule has 0 aliphatic carbocycles. The summed E-state index contributed by atoms with van der Waals surface area (Å²) in [6, 6.07) is 12.1. The largest absolute Gasteiger partial charge is 0.483 e. The van der Waals surface area contributed by atoms with Crippen LogP contribution in [0, 0.1) is 17.0 Å². The van der Waals surface area contributed by atoms with Gasteiger partial charge < -0.3 is 13.9 Å². The van der Waals surface area contributed by atoms with Gasteiger partial charge in [-0.2, -0.15) is 0 Å². The highest BCUT2D eigenvalue weighted by Gasteiger charge is 2.14. The van der Waals surface area contributed by atoms with E-state index < -0.39 is 4.92 Å². The Kier molecular flexibility index (Phi) is 5.39. The number of benzene rings is 1. The monoisotopic (exact) mass is 381 g/mol. The first kappa shape index (κ1) is 19.1. The minimum Gasteiger partial charge on any atom is -0.483 e. The molecule has 0 fully saturated rings. The van der Waals surface area contributed by atoms with E-state index in [-0.39, 0.29) is 35.6 Å². The zero-order valence-corrected chi connectivity index (χ0v) is 15.5. The Balaban J connectivity index is 1.85. The number of pyridine rings is 2. The van der Waals surface area contributed by atoms with E-state index in [9.17, 15) is 19.7 Å². The normalized spacial score (nSPS) is 10.6. The van der Waals surface area contributed by atoms with E-state index in [0.717, 1.165) is 5.56 Å². The fourth-order valence-electron chi connectivity index (χ4n) is 2.79. The molecule has 0 aliphatic heterocycles. The number of ether oxygens (including phenoxy) is 1. The van der Waals surface area contributed by atoms with Gasteiger partial charge in [-0.15, -0.1) is 0 Å². The number of aryl methyl sites for hydroxylation is 2. The van der Waals surface area contributed by atoms with Crippen LogP contribution in [0.15, 0.2) is 64.4 Å². The molecule has 3 rings (SSSR count). The van der Waals surface area contributed by atoms with E-state index in [0.29, 0.717) is 11.3 Å². The predicted molar refractivity (Wildman–Crippen MR) is 104 cm³/mol. The van der Waals surface area contributed by atoms with Gasteiger partial charge in [0.25, 0.3) is 11.2 Å². The summed E-state index contributed by atoms with van der Waals surface area (Å²) in [7, 11) is 1.72. The van der Waals surface area contributed by atoms with Gasteiger partial charge in [0, 0.05) is 30.4 Å². The molecule has 2 heterocycles. The Hall–Kier alpha value is -3.68. The van der Waals surface area contributed by atoms with Crippen LogP contribution < -0.4 is 15.7 Å². The van der Waals surface area contributed by atoms with Gasteiger partial charge in [-0.1, -0.05) is 30.3 Å². The quantitative estimate of drug-likeness (QED) is 0.482. The summed E-state index contributed by atoms with van der Waals surface area (Å²) in [5.74, 6) is 0.192. The highest BCUT2D eigenvalue weighted by Crippen LogP contribution is 2.15. The Bertz CT molecular complexity index is 1130. The maximum absolute atomic E-state index is 12.4. The second kappa shape index (κ2) is 7.91. The van der Waals surface area contributed by atoms with E-state index in [1.807, 2.05) is 30.3 Å². The third-order valence-electron chi connectivity index (χ3n) is 4.38. The molecule has 0 aliphatic rings. The molecule has 0 saturated heterocycles. The van der Waals surface area contributed by atoms with Crippen LogP contribution >= 0.6 is 0 Å². The summed E-state index contributed by atoms with van der Waals surface area (Å²) in [5, 5.41) is 11.1. The number of hydrogen-bond acceptors (Lipinski definition) is 5. The molecule has 8 heteroatoms.